The van der Waals surface area contributed by atoms with Crippen molar-refractivity contribution in [3.63, 3.8) is 0 Å². The van der Waals surface area contributed by atoms with Gasteiger partial charge in [0.2, 0.25) is 10.0 Å². The lowest BCUT2D eigenvalue weighted by Gasteiger charge is -2.34. The number of piperidine rings is 1. The molecule has 1 aliphatic rings. The fourth-order valence-electron chi connectivity index (χ4n) is 2.71. The summed E-state index contributed by atoms with van der Waals surface area (Å²) in [6.07, 6.45) is -3.47. The van der Waals surface area contributed by atoms with Crippen LogP contribution in [0.2, 0.25) is 5.02 Å². The van der Waals surface area contributed by atoms with Crippen LogP contribution < -0.4 is 5.73 Å². The van der Waals surface area contributed by atoms with Gasteiger partial charge in [-0.3, -0.25) is 0 Å². The van der Waals surface area contributed by atoms with Crippen LogP contribution in [0, 0.1) is 5.92 Å². The van der Waals surface area contributed by atoms with Crippen molar-refractivity contribution in [1.82, 2.24) is 4.31 Å². The molecule has 1 aromatic rings. The molecule has 0 radical (unpaired) electrons. The van der Waals surface area contributed by atoms with Gasteiger partial charge in [0, 0.05) is 24.2 Å². The molecule has 2 N–H and O–H groups in total. The molecule has 0 spiro atoms. The highest BCUT2D eigenvalue weighted by molar-refractivity contribution is 7.89. The second-order valence-electron chi connectivity index (χ2n) is 5.76. The fourth-order valence-corrected chi connectivity index (χ4v) is 4.61. The van der Waals surface area contributed by atoms with Crippen molar-refractivity contribution < 1.29 is 21.6 Å². The van der Waals surface area contributed by atoms with Crippen molar-refractivity contribution in [3.05, 3.63) is 28.8 Å². The van der Waals surface area contributed by atoms with Crippen LogP contribution in [0.1, 0.15) is 25.3 Å². The molecule has 0 aromatic heterocycles. The van der Waals surface area contributed by atoms with Crippen LogP contribution in [0.25, 0.3) is 0 Å². The number of nitrogens with zero attached hydrogens (tertiary/aromatic N) is 1. The van der Waals surface area contributed by atoms with Gasteiger partial charge in [0.15, 0.2) is 0 Å². The lowest BCUT2D eigenvalue weighted by Crippen LogP contribution is -2.45. The quantitative estimate of drug-likeness (QED) is 0.889. The minimum Gasteiger partial charge on any atom is -0.328 e. The first-order valence-electron chi connectivity index (χ1n) is 7.16. The first kappa shape index (κ1) is 18.5. The predicted molar refractivity (Wildman–Crippen MR) is 81.6 cm³/mol. The van der Waals surface area contributed by atoms with E-state index in [9.17, 15) is 21.6 Å². The SMILES string of the molecule is C[C@@H](N)[C@H]1CCCN(S(=O)(=O)c2ccc(Cl)cc2C(F)(F)F)C1. The summed E-state index contributed by atoms with van der Waals surface area (Å²) in [5.41, 5.74) is 4.57. The maximum atomic E-state index is 13.2. The van der Waals surface area contributed by atoms with Crippen LogP contribution >= 0.6 is 11.6 Å². The fraction of sp³-hybridized carbons (Fsp3) is 0.571. The first-order chi connectivity index (χ1) is 10.5. The highest BCUT2D eigenvalue weighted by Crippen LogP contribution is 2.37. The van der Waals surface area contributed by atoms with Crippen molar-refractivity contribution in [2.24, 2.45) is 11.7 Å². The molecule has 1 aliphatic heterocycles. The van der Waals surface area contributed by atoms with E-state index in [4.69, 9.17) is 17.3 Å². The number of sulfonamides is 1. The van der Waals surface area contributed by atoms with Gasteiger partial charge in [-0.15, -0.1) is 0 Å². The summed E-state index contributed by atoms with van der Waals surface area (Å²) in [5.74, 6) is -0.0693. The lowest BCUT2D eigenvalue weighted by atomic mass is 9.93. The number of benzene rings is 1. The van der Waals surface area contributed by atoms with Gasteiger partial charge >= 0.3 is 6.18 Å². The van der Waals surface area contributed by atoms with Crippen molar-refractivity contribution in [3.8, 4) is 0 Å². The van der Waals surface area contributed by atoms with Gasteiger partial charge < -0.3 is 5.73 Å². The summed E-state index contributed by atoms with van der Waals surface area (Å²) in [4.78, 5) is -0.764. The molecule has 1 fully saturated rings. The van der Waals surface area contributed by atoms with Crippen LogP contribution in [-0.4, -0.2) is 31.9 Å². The average molecular weight is 371 g/mol. The zero-order valence-corrected chi connectivity index (χ0v) is 14.0. The smallest absolute Gasteiger partial charge is 0.328 e. The standard InChI is InChI=1S/C14H18ClF3N2O2S/c1-9(19)10-3-2-6-20(8-10)23(21,22)13-5-4-11(15)7-12(13)14(16,17)18/h4-5,7,9-10H,2-3,6,8,19H2,1H3/t9-,10+/m1/s1. The number of hydrogen-bond acceptors (Lipinski definition) is 3. The summed E-state index contributed by atoms with van der Waals surface area (Å²) in [6, 6.07) is 2.48. The summed E-state index contributed by atoms with van der Waals surface area (Å²) in [7, 11) is -4.26. The van der Waals surface area contributed by atoms with Crippen molar-refractivity contribution in [2.45, 2.75) is 36.9 Å². The second kappa shape index (κ2) is 6.58. The van der Waals surface area contributed by atoms with Gasteiger partial charge in [-0.2, -0.15) is 17.5 Å². The zero-order chi connectivity index (χ0) is 17.4. The molecule has 4 nitrogen and oxygen atoms in total. The Kier molecular flexibility index (Phi) is 5.30. The van der Waals surface area contributed by atoms with Gasteiger partial charge in [0.25, 0.3) is 0 Å². The summed E-state index contributed by atoms with van der Waals surface area (Å²) in [6.45, 7) is 2.08. The highest BCUT2D eigenvalue weighted by Gasteiger charge is 2.40. The molecule has 1 heterocycles. The molecule has 9 heteroatoms. The third-order valence-corrected chi connectivity index (χ3v) is 6.19. The van der Waals surface area contributed by atoms with E-state index in [0.29, 0.717) is 12.5 Å². The van der Waals surface area contributed by atoms with Crippen molar-refractivity contribution >= 4 is 21.6 Å². The number of hydrogen-bond donors (Lipinski definition) is 1. The van der Waals surface area contributed by atoms with Crippen molar-refractivity contribution in [2.75, 3.05) is 13.1 Å². The molecule has 2 rings (SSSR count). The zero-order valence-electron chi connectivity index (χ0n) is 12.5. The maximum Gasteiger partial charge on any atom is 0.417 e. The molecular weight excluding hydrogens is 353 g/mol. The van der Waals surface area contributed by atoms with Crippen molar-refractivity contribution in [1.29, 1.82) is 0 Å². The van der Waals surface area contributed by atoms with E-state index in [1.807, 2.05) is 0 Å². The molecule has 23 heavy (non-hydrogen) atoms. The number of rotatable bonds is 3. The van der Waals surface area contributed by atoms with E-state index in [1.165, 1.54) is 0 Å². The molecule has 0 aliphatic carbocycles. The van der Waals surface area contributed by atoms with Gasteiger partial charge in [-0.1, -0.05) is 11.6 Å². The Balaban J connectivity index is 2.44. The largest absolute Gasteiger partial charge is 0.417 e. The van der Waals surface area contributed by atoms with E-state index < -0.39 is 26.7 Å². The average Bonchev–Trinajstić information content (AvgIpc) is 2.46. The molecule has 0 bridgehead atoms. The highest BCUT2D eigenvalue weighted by atomic mass is 35.5. The molecule has 1 saturated heterocycles. The topological polar surface area (TPSA) is 63.4 Å². The Bertz CT molecular complexity index is 677. The van der Waals surface area contributed by atoms with Crippen LogP contribution in [0.15, 0.2) is 23.1 Å². The Morgan fingerprint density at radius 2 is 2.04 bits per heavy atom. The Morgan fingerprint density at radius 1 is 1.39 bits per heavy atom. The monoisotopic (exact) mass is 370 g/mol. The summed E-state index contributed by atoms with van der Waals surface area (Å²) < 4.78 is 65.9. The van der Waals surface area contributed by atoms with E-state index in [1.54, 1.807) is 6.92 Å². The first-order valence-corrected chi connectivity index (χ1v) is 8.97. The minimum absolute atomic E-state index is 0.0693. The third kappa shape index (κ3) is 3.99. The number of nitrogens with two attached hydrogens (primary N) is 1. The molecular formula is C14H18ClF3N2O2S. The van der Waals surface area contributed by atoms with Gasteiger partial charge in [-0.05, 0) is 43.9 Å². The summed E-state index contributed by atoms with van der Waals surface area (Å²) >= 11 is 5.60. The minimum atomic E-state index is -4.80. The van der Waals surface area contributed by atoms with Crippen LogP contribution in [0.4, 0.5) is 13.2 Å². The maximum absolute atomic E-state index is 13.2. The lowest BCUT2D eigenvalue weighted by molar-refractivity contribution is -0.139. The molecule has 2 atom stereocenters. The normalized spacial score (nSPS) is 22.1. The van der Waals surface area contributed by atoms with Crippen LogP contribution in [0.3, 0.4) is 0 Å². The Morgan fingerprint density at radius 3 is 2.61 bits per heavy atom. The molecule has 0 amide bonds. The van der Waals surface area contributed by atoms with Gasteiger partial charge in [-0.25, -0.2) is 8.42 Å². The summed E-state index contributed by atoms with van der Waals surface area (Å²) in [5, 5.41) is -0.164. The van der Waals surface area contributed by atoms with Crippen LogP contribution in [-0.2, 0) is 16.2 Å². The third-order valence-electron chi connectivity index (χ3n) is 4.03. The Labute approximate surface area is 138 Å². The van der Waals surface area contributed by atoms with E-state index in [2.05, 4.69) is 0 Å². The van der Waals surface area contributed by atoms with Gasteiger partial charge in [0.1, 0.15) is 0 Å². The van der Waals surface area contributed by atoms with Crippen LogP contribution in [0.5, 0.6) is 0 Å². The van der Waals surface area contributed by atoms with E-state index >= 15 is 0 Å². The molecule has 0 unspecified atom stereocenters. The van der Waals surface area contributed by atoms with E-state index in [-0.39, 0.29) is 30.1 Å². The number of alkyl halides is 3. The second-order valence-corrected chi connectivity index (χ2v) is 8.11. The van der Waals surface area contributed by atoms with E-state index in [0.717, 1.165) is 22.9 Å². The molecule has 1 aromatic carbocycles. The number of halogens is 4. The predicted octanol–water partition coefficient (Wildman–Crippen LogP) is 3.11. The molecule has 130 valence electrons. The van der Waals surface area contributed by atoms with Gasteiger partial charge in [0.05, 0.1) is 10.5 Å². The molecule has 0 saturated carbocycles. The Hall–Kier alpha value is -0.830.